The Kier molecular flexibility index (Phi) is 6.14. The number of hydrogen-bond donors (Lipinski definition) is 0. The van der Waals surface area contributed by atoms with Gasteiger partial charge in [0.2, 0.25) is 5.82 Å². The van der Waals surface area contributed by atoms with Gasteiger partial charge in [0.15, 0.2) is 10.4 Å². The lowest BCUT2D eigenvalue weighted by atomic mass is 10.1. The minimum absolute atomic E-state index is 0.228. The lowest BCUT2D eigenvalue weighted by Crippen LogP contribution is -2.09. The first-order valence-electron chi connectivity index (χ1n) is 10.2. The number of fused-ring (bicyclic) bond motifs is 1. The number of esters is 1. The number of aromatic nitrogens is 4. The van der Waals surface area contributed by atoms with Gasteiger partial charge < -0.3 is 9.26 Å². The van der Waals surface area contributed by atoms with E-state index in [0.29, 0.717) is 11.4 Å². The van der Waals surface area contributed by atoms with Gasteiger partial charge in [0.1, 0.15) is 0 Å². The largest absolute Gasteiger partial charge is 0.449 e. The summed E-state index contributed by atoms with van der Waals surface area (Å²) in [6, 6.07) is 19.1. The van der Waals surface area contributed by atoms with Crippen molar-refractivity contribution in [3.05, 3.63) is 90.1 Å². The molecule has 1 atom stereocenters. The third-order valence-electron chi connectivity index (χ3n) is 4.82. The fraction of sp³-hybridized carbons (Fsp3) is 0.125. The molecule has 0 N–H and O–H groups in total. The molecule has 9 heteroatoms. The number of para-hydroxylation sites is 1. The molecule has 3 aromatic heterocycles. The molecule has 5 rings (SSSR count). The minimum atomic E-state index is -0.676. The molecule has 2 aromatic carbocycles. The first kappa shape index (κ1) is 21.3. The number of rotatable bonds is 7. The molecule has 7 nitrogen and oxygen atoms in total. The highest BCUT2D eigenvalue weighted by molar-refractivity contribution is 8.00. The van der Waals surface area contributed by atoms with Gasteiger partial charge in [0.05, 0.1) is 15.8 Å². The van der Waals surface area contributed by atoms with Crippen LogP contribution in [0.15, 0.2) is 81.9 Å². The Labute approximate surface area is 197 Å². The van der Waals surface area contributed by atoms with Gasteiger partial charge >= 0.3 is 5.97 Å². The smallest absolute Gasteiger partial charge is 0.338 e. The molecule has 0 spiro atoms. The second kappa shape index (κ2) is 9.51. The van der Waals surface area contributed by atoms with Gasteiger partial charge in [0, 0.05) is 23.7 Å². The molecule has 0 aliphatic carbocycles. The lowest BCUT2D eigenvalue weighted by molar-refractivity contribution is 0.0265. The highest BCUT2D eigenvalue weighted by atomic mass is 32.2. The van der Waals surface area contributed by atoms with Crippen molar-refractivity contribution in [2.45, 2.75) is 23.1 Å². The molecule has 0 saturated carbocycles. The van der Waals surface area contributed by atoms with Crippen LogP contribution in [0.1, 0.15) is 34.8 Å². The molecule has 3 heterocycles. The molecule has 0 radical (unpaired) electrons. The average Bonchev–Trinajstić information content (AvgIpc) is 3.51. The Morgan fingerprint density at radius 3 is 2.73 bits per heavy atom. The molecule has 1 unspecified atom stereocenters. The zero-order chi connectivity index (χ0) is 22.6. The Bertz CT molecular complexity index is 1350. The summed E-state index contributed by atoms with van der Waals surface area (Å²) in [5.41, 5.74) is 3.31. The van der Waals surface area contributed by atoms with Crippen molar-refractivity contribution in [3.63, 3.8) is 0 Å². The molecular formula is C24H18N4O3S2. The predicted octanol–water partition coefficient (Wildman–Crippen LogP) is 5.95. The van der Waals surface area contributed by atoms with Crippen molar-refractivity contribution in [1.82, 2.24) is 20.1 Å². The number of thioether (sulfide) groups is 1. The summed E-state index contributed by atoms with van der Waals surface area (Å²) >= 11 is 3.36. The predicted molar refractivity (Wildman–Crippen MR) is 127 cm³/mol. The van der Waals surface area contributed by atoms with Crippen LogP contribution in [0.2, 0.25) is 0 Å². The Morgan fingerprint density at radius 1 is 1.09 bits per heavy atom. The molecule has 0 aliphatic heterocycles. The van der Waals surface area contributed by atoms with E-state index in [4.69, 9.17) is 9.26 Å². The number of pyridine rings is 1. The summed E-state index contributed by atoms with van der Waals surface area (Å²) < 4.78 is 13.0. The van der Waals surface area contributed by atoms with E-state index in [1.54, 1.807) is 60.6 Å². The number of thiazole rings is 1. The lowest BCUT2D eigenvalue weighted by Gasteiger charge is -2.09. The van der Waals surface area contributed by atoms with E-state index >= 15 is 0 Å². The first-order valence-corrected chi connectivity index (χ1v) is 12.0. The van der Waals surface area contributed by atoms with Crippen LogP contribution >= 0.6 is 23.1 Å². The number of benzene rings is 2. The second-order valence-electron chi connectivity index (χ2n) is 7.18. The molecule has 0 amide bonds. The van der Waals surface area contributed by atoms with Crippen LogP contribution in [0.4, 0.5) is 0 Å². The molecular weight excluding hydrogens is 456 g/mol. The molecule has 0 bridgehead atoms. The number of hydrogen-bond acceptors (Lipinski definition) is 9. The monoisotopic (exact) mass is 474 g/mol. The number of carbonyl (C=O) groups is 1. The third kappa shape index (κ3) is 4.94. The van der Waals surface area contributed by atoms with Gasteiger partial charge in [-0.25, -0.2) is 9.78 Å². The Balaban J connectivity index is 1.18. The van der Waals surface area contributed by atoms with Crippen molar-refractivity contribution in [2.24, 2.45) is 0 Å². The standard InChI is InChI=1S/C24H18N4O3S2/c1-15(22-27-21(28-31-22)18-5-4-12-25-13-18)30-23(29)17-10-8-16(9-11-17)14-32-24-26-19-6-2-3-7-20(19)33-24/h2-13,15H,14H2,1H3. The van der Waals surface area contributed by atoms with Crippen LogP contribution in [0.25, 0.3) is 21.6 Å². The van der Waals surface area contributed by atoms with Gasteiger partial charge in [-0.15, -0.1) is 11.3 Å². The second-order valence-corrected chi connectivity index (χ2v) is 9.43. The highest BCUT2D eigenvalue weighted by Gasteiger charge is 2.20. The van der Waals surface area contributed by atoms with Crippen LogP contribution < -0.4 is 0 Å². The topological polar surface area (TPSA) is 91.0 Å². The van der Waals surface area contributed by atoms with Gasteiger partial charge in [-0.3, -0.25) is 4.98 Å². The summed E-state index contributed by atoms with van der Waals surface area (Å²) in [7, 11) is 0. The number of nitrogens with zero attached hydrogens (tertiary/aromatic N) is 4. The van der Waals surface area contributed by atoms with Gasteiger partial charge in [-0.05, 0) is 48.9 Å². The molecule has 33 heavy (non-hydrogen) atoms. The van der Waals surface area contributed by atoms with Gasteiger partial charge in [0.25, 0.3) is 5.89 Å². The summed E-state index contributed by atoms with van der Waals surface area (Å²) in [4.78, 5) is 25.5. The molecule has 164 valence electrons. The van der Waals surface area contributed by atoms with Crippen molar-refractivity contribution in [3.8, 4) is 11.4 Å². The van der Waals surface area contributed by atoms with Crippen molar-refractivity contribution >= 4 is 39.3 Å². The van der Waals surface area contributed by atoms with Crippen molar-refractivity contribution < 1.29 is 14.1 Å². The number of carbonyl (C=O) groups excluding carboxylic acids is 1. The van der Waals surface area contributed by atoms with E-state index in [2.05, 4.69) is 26.2 Å². The van der Waals surface area contributed by atoms with Crippen LogP contribution in [0, 0.1) is 0 Å². The quantitative estimate of drug-likeness (QED) is 0.211. The zero-order valence-corrected chi connectivity index (χ0v) is 19.2. The maximum atomic E-state index is 12.6. The maximum absolute atomic E-state index is 12.6. The fourth-order valence-electron chi connectivity index (χ4n) is 3.09. The summed E-state index contributed by atoms with van der Waals surface area (Å²) in [5, 5.41) is 3.93. The first-order chi connectivity index (χ1) is 16.2. The third-order valence-corrected chi connectivity index (χ3v) is 7.07. The SMILES string of the molecule is CC(OC(=O)c1ccc(CSc2nc3ccccc3s2)cc1)c1nc(-c2cccnc2)no1. The highest BCUT2D eigenvalue weighted by Crippen LogP contribution is 2.31. The molecule has 0 saturated heterocycles. The maximum Gasteiger partial charge on any atom is 0.338 e. The molecule has 5 aromatic rings. The van der Waals surface area contributed by atoms with Crippen molar-refractivity contribution in [1.29, 1.82) is 0 Å². The molecule has 0 aliphatic rings. The van der Waals surface area contributed by atoms with Crippen LogP contribution in [-0.2, 0) is 10.5 Å². The normalized spacial score (nSPS) is 12.0. The minimum Gasteiger partial charge on any atom is -0.449 e. The van der Waals surface area contributed by atoms with E-state index < -0.39 is 12.1 Å². The van der Waals surface area contributed by atoms with E-state index in [1.165, 1.54) is 4.70 Å². The van der Waals surface area contributed by atoms with Crippen molar-refractivity contribution in [2.75, 3.05) is 0 Å². The van der Waals surface area contributed by atoms with E-state index in [9.17, 15) is 4.79 Å². The number of ether oxygens (including phenoxy) is 1. The van der Waals surface area contributed by atoms with E-state index in [0.717, 1.165) is 26.7 Å². The summed E-state index contributed by atoms with van der Waals surface area (Å²) in [6.45, 7) is 1.70. The van der Waals surface area contributed by atoms with Crippen LogP contribution in [0.3, 0.4) is 0 Å². The van der Waals surface area contributed by atoms with E-state index in [-0.39, 0.29) is 5.89 Å². The zero-order valence-electron chi connectivity index (χ0n) is 17.5. The Hall–Kier alpha value is -3.56. The fourth-order valence-corrected chi connectivity index (χ4v) is 5.11. The van der Waals surface area contributed by atoms with Gasteiger partial charge in [-0.2, -0.15) is 4.98 Å². The molecule has 0 fully saturated rings. The summed E-state index contributed by atoms with van der Waals surface area (Å²) in [6.07, 6.45) is 2.63. The van der Waals surface area contributed by atoms with Crippen LogP contribution in [-0.4, -0.2) is 26.1 Å². The average molecular weight is 475 g/mol. The van der Waals surface area contributed by atoms with E-state index in [1.807, 2.05) is 36.4 Å². The van der Waals surface area contributed by atoms with Gasteiger partial charge in [-0.1, -0.05) is 41.2 Å². The summed E-state index contributed by atoms with van der Waals surface area (Å²) in [5.74, 6) is 0.945. The van der Waals surface area contributed by atoms with Crippen LogP contribution in [0.5, 0.6) is 0 Å². The Morgan fingerprint density at radius 2 is 1.94 bits per heavy atom.